The van der Waals surface area contributed by atoms with Gasteiger partial charge in [0.25, 0.3) is 0 Å². The van der Waals surface area contributed by atoms with E-state index in [1.807, 2.05) is 40.8 Å². The lowest BCUT2D eigenvalue weighted by atomic mass is 10.1. The maximum Gasteiger partial charge on any atom is 0.416 e. The number of benzene rings is 2. The van der Waals surface area contributed by atoms with Crippen molar-refractivity contribution in [2.45, 2.75) is 6.18 Å². The van der Waals surface area contributed by atoms with E-state index in [9.17, 15) is 13.2 Å². The molecule has 4 aromatic rings. The molecule has 0 amide bonds. The molecule has 0 atom stereocenters. The van der Waals surface area contributed by atoms with E-state index >= 15 is 0 Å². The summed E-state index contributed by atoms with van der Waals surface area (Å²) in [5, 5.41) is 1.01. The van der Waals surface area contributed by atoms with Crippen LogP contribution in [0, 0.1) is 0 Å². The number of rotatable bonds is 1. The van der Waals surface area contributed by atoms with E-state index in [0.717, 1.165) is 28.6 Å². The zero-order valence-electron chi connectivity index (χ0n) is 11.9. The molecule has 0 saturated carbocycles. The van der Waals surface area contributed by atoms with E-state index in [1.165, 1.54) is 6.07 Å². The van der Waals surface area contributed by atoms with E-state index < -0.39 is 11.7 Å². The summed E-state index contributed by atoms with van der Waals surface area (Å²) in [5.74, 6) is 0.503. The highest BCUT2D eigenvalue weighted by molar-refractivity contribution is 5.85. The van der Waals surface area contributed by atoms with Crippen molar-refractivity contribution in [3.8, 4) is 11.4 Å². The highest BCUT2D eigenvalue weighted by atomic mass is 19.4. The van der Waals surface area contributed by atoms with Gasteiger partial charge in [0.15, 0.2) is 0 Å². The maximum absolute atomic E-state index is 12.9. The van der Waals surface area contributed by atoms with Crippen LogP contribution in [0.25, 0.3) is 27.8 Å². The molecule has 0 bridgehead atoms. The van der Waals surface area contributed by atoms with Gasteiger partial charge < -0.3 is 0 Å². The van der Waals surface area contributed by atoms with Gasteiger partial charge in [-0.25, -0.2) is 4.98 Å². The Bertz CT molecular complexity index is 1020. The summed E-state index contributed by atoms with van der Waals surface area (Å²) in [6.07, 6.45) is -2.70. The molecule has 2 aromatic carbocycles. The summed E-state index contributed by atoms with van der Waals surface area (Å²) >= 11 is 0. The molecule has 0 aliphatic heterocycles. The van der Waals surface area contributed by atoms with Crippen LogP contribution in [0.1, 0.15) is 5.56 Å². The Morgan fingerprint density at radius 2 is 1.70 bits per heavy atom. The predicted molar refractivity (Wildman–Crippen MR) is 83.1 cm³/mol. The predicted octanol–water partition coefficient (Wildman–Crippen LogP) is 5.17. The molecule has 0 spiro atoms. The minimum Gasteiger partial charge on any atom is -0.292 e. The summed E-state index contributed by atoms with van der Waals surface area (Å²) < 4.78 is 40.7. The molecule has 0 aliphatic carbocycles. The number of aromatic nitrogens is 2. The monoisotopic (exact) mass is 312 g/mol. The number of para-hydroxylation sites is 1. The standard InChI is InChI=1S/C18H11F3N2/c19-18(20,21)14-6-3-5-13(10-14)17-22-11-15-9-8-12-4-1-2-7-16(12)23(15)17/h1-11H. The second kappa shape index (κ2) is 4.84. The van der Waals surface area contributed by atoms with Gasteiger partial charge in [-0.1, -0.05) is 36.4 Å². The Morgan fingerprint density at radius 1 is 0.870 bits per heavy atom. The van der Waals surface area contributed by atoms with Gasteiger partial charge in [0.05, 0.1) is 22.8 Å². The van der Waals surface area contributed by atoms with Crippen LogP contribution < -0.4 is 0 Å². The molecule has 0 N–H and O–H groups in total. The first-order valence-corrected chi connectivity index (χ1v) is 7.07. The summed E-state index contributed by atoms with van der Waals surface area (Å²) in [5.41, 5.74) is 1.52. The Labute approximate surface area is 129 Å². The molecule has 2 heterocycles. The Morgan fingerprint density at radius 3 is 2.52 bits per heavy atom. The largest absolute Gasteiger partial charge is 0.416 e. The molecule has 23 heavy (non-hydrogen) atoms. The molecule has 2 aromatic heterocycles. The average Bonchev–Trinajstić information content (AvgIpc) is 2.99. The third-order valence-corrected chi connectivity index (χ3v) is 3.85. The first-order valence-electron chi connectivity index (χ1n) is 7.07. The number of halogens is 3. The average molecular weight is 312 g/mol. The van der Waals surface area contributed by atoms with Crippen molar-refractivity contribution in [1.29, 1.82) is 0 Å². The van der Waals surface area contributed by atoms with Crippen LogP contribution in [-0.2, 0) is 6.18 Å². The molecule has 5 heteroatoms. The summed E-state index contributed by atoms with van der Waals surface area (Å²) in [4.78, 5) is 4.33. The van der Waals surface area contributed by atoms with Gasteiger partial charge >= 0.3 is 6.18 Å². The third kappa shape index (κ3) is 2.25. The Kier molecular flexibility index (Phi) is 2.91. The number of nitrogens with zero attached hydrogens (tertiary/aromatic N) is 2. The SMILES string of the molecule is FC(F)(F)c1cccc(-c2ncc3ccc4ccccc4n23)c1. The first-order chi connectivity index (χ1) is 11.0. The normalized spacial score (nSPS) is 12.1. The molecule has 0 aliphatic rings. The van der Waals surface area contributed by atoms with E-state index in [-0.39, 0.29) is 0 Å². The second-order valence-corrected chi connectivity index (χ2v) is 5.31. The Balaban J connectivity index is 2.01. The lowest BCUT2D eigenvalue weighted by Crippen LogP contribution is -2.04. The molecular weight excluding hydrogens is 301 g/mol. The quantitative estimate of drug-likeness (QED) is 0.474. The van der Waals surface area contributed by atoms with Crippen molar-refractivity contribution in [3.05, 3.63) is 72.4 Å². The van der Waals surface area contributed by atoms with Gasteiger partial charge in [-0.3, -0.25) is 4.40 Å². The molecule has 0 unspecified atom stereocenters. The summed E-state index contributed by atoms with van der Waals surface area (Å²) in [6.45, 7) is 0. The molecule has 114 valence electrons. The lowest BCUT2D eigenvalue weighted by molar-refractivity contribution is -0.137. The fraction of sp³-hybridized carbons (Fsp3) is 0.0556. The highest BCUT2D eigenvalue weighted by Crippen LogP contribution is 2.32. The fourth-order valence-electron chi connectivity index (χ4n) is 2.78. The number of imidazole rings is 1. The number of hydrogen-bond donors (Lipinski definition) is 0. The van der Waals surface area contributed by atoms with Gasteiger partial charge in [0, 0.05) is 5.56 Å². The molecule has 0 radical (unpaired) electrons. The third-order valence-electron chi connectivity index (χ3n) is 3.85. The molecule has 0 saturated heterocycles. The number of fused-ring (bicyclic) bond motifs is 3. The van der Waals surface area contributed by atoms with Crippen LogP contribution in [0.2, 0.25) is 0 Å². The molecule has 0 fully saturated rings. The van der Waals surface area contributed by atoms with E-state index in [1.54, 1.807) is 12.3 Å². The van der Waals surface area contributed by atoms with Crippen molar-refractivity contribution in [3.63, 3.8) is 0 Å². The van der Waals surface area contributed by atoms with Gasteiger partial charge in [-0.15, -0.1) is 0 Å². The van der Waals surface area contributed by atoms with Crippen LogP contribution in [0.3, 0.4) is 0 Å². The van der Waals surface area contributed by atoms with E-state index in [2.05, 4.69) is 4.98 Å². The minimum absolute atomic E-state index is 0.441. The van der Waals surface area contributed by atoms with Gasteiger partial charge in [-0.2, -0.15) is 13.2 Å². The summed E-state index contributed by atoms with van der Waals surface area (Å²) in [6, 6.07) is 16.9. The number of alkyl halides is 3. The fourth-order valence-corrected chi connectivity index (χ4v) is 2.78. The molecular formula is C18H11F3N2. The first kappa shape index (κ1) is 13.8. The molecule has 2 nitrogen and oxygen atoms in total. The molecule has 4 rings (SSSR count). The Hall–Kier alpha value is -2.82. The van der Waals surface area contributed by atoms with Crippen molar-refractivity contribution in [2.75, 3.05) is 0 Å². The van der Waals surface area contributed by atoms with E-state index in [4.69, 9.17) is 0 Å². The zero-order valence-corrected chi connectivity index (χ0v) is 11.9. The van der Waals surface area contributed by atoms with Gasteiger partial charge in [-0.05, 0) is 29.7 Å². The van der Waals surface area contributed by atoms with Crippen molar-refractivity contribution < 1.29 is 13.2 Å². The van der Waals surface area contributed by atoms with Gasteiger partial charge in [0.2, 0.25) is 0 Å². The highest BCUT2D eigenvalue weighted by Gasteiger charge is 2.30. The van der Waals surface area contributed by atoms with Gasteiger partial charge in [0.1, 0.15) is 5.82 Å². The topological polar surface area (TPSA) is 17.3 Å². The summed E-state index contributed by atoms with van der Waals surface area (Å²) in [7, 11) is 0. The van der Waals surface area contributed by atoms with Crippen LogP contribution in [-0.4, -0.2) is 9.38 Å². The number of hydrogen-bond acceptors (Lipinski definition) is 1. The lowest BCUT2D eigenvalue weighted by Gasteiger charge is -2.09. The van der Waals surface area contributed by atoms with Crippen LogP contribution in [0.4, 0.5) is 13.2 Å². The van der Waals surface area contributed by atoms with Crippen LogP contribution in [0.15, 0.2) is 66.9 Å². The zero-order chi connectivity index (χ0) is 16.0. The second-order valence-electron chi connectivity index (χ2n) is 5.31. The van der Waals surface area contributed by atoms with Crippen LogP contribution in [0.5, 0.6) is 0 Å². The van der Waals surface area contributed by atoms with E-state index in [0.29, 0.717) is 11.4 Å². The van der Waals surface area contributed by atoms with Crippen molar-refractivity contribution >= 4 is 16.4 Å². The smallest absolute Gasteiger partial charge is 0.292 e. The number of pyridine rings is 1. The minimum atomic E-state index is -4.37. The van der Waals surface area contributed by atoms with Crippen LogP contribution >= 0.6 is 0 Å². The maximum atomic E-state index is 12.9. The van der Waals surface area contributed by atoms with Crippen molar-refractivity contribution in [1.82, 2.24) is 9.38 Å². The van der Waals surface area contributed by atoms with Crippen molar-refractivity contribution in [2.24, 2.45) is 0 Å².